The van der Waals surface area contributed by atoms with Gasteiger partial charge in [0.05, 0.1) is 21.2 Å². The second-order valence-electron chi connectivity index (χ2n) is 10.6. The molecule has 5 aromatic rings. The van der Waals surface area contributed by atoms with Crippen LogP contribution < -0.4 is 0 Å². The molecular formula is C32H28N6O5. The zero-order chi connectivity index (χ0) is 30.1. The number of imidazole rings is 1. The number of aromatic nitrogens is 2. The topological polar surface area (TPSA) is 127 Å². The predicted molar refractivity (Wildman–Crippen MR) is 162 cm³/mol. The third-order valence-electron chi connectivity index (χ3n) is 7.76. The average Bonchev–Trinajstić information content (AvgIpc) is 3.38. The fraction of sp³-hybridized carbons (Fsp3) is 0.188. The highest BCUT2D eigenvalue weighted by Crippen LogP contribution is 2.30. The lowest BCUT2D eigenvalue weighted by Gasteiger charge is -2.34. The van der Waals surface area contributed by atoms with E-state index in [2.05, 4.69) is 40.6 Å². The fourth-order valence-corrected chi connectivity index (χ4v) is 5.47. The lowest BCUT2D eigenvalue weighted by molar-refractivity contribution is -0.385. The summed E-state index contributed by atoms with van der Waals surface area (Å²) in [5.74, 6) is -0.229. The zero-order valence-electron chi connectivity index (χ0n) is 23.4. The SMILES string of the molecule is Cc1cccc(-c2ccc3nc(-c4ccc([N+](=O)[O-])cc4)c(CN4CCN(C(=O)c5cccc([N+](=O)[O-])c5)CC4)n3c2)c1. The largest absolute Gasteiger partial charge is 0.336 e. The molecule has 1 amide bonds. The Bertz CT molecular complexity index is 1860. The van der Waals surface area contributed by atoms with E-state index in [0.29, 0.717) is 38.3 Å². The van der Waals surface area contributed by atoms with Gasteiger partial charge in [0.2, 0.25) is 0 Å². The predicted octanol–water partition coefficient (Wildman–Crippen LogP) is 5.75. The van der Waals surface area contributed by atoms with Gasteiger partial charge in [0, 0.05) is 74.3 Å². The van der Waals surface area contributed by atoms with Gasteiger partial charge in [-0.25, -0.2) is 4.98 Å². The van der Waals surface area contributed by atoms with E-state index in [1.807, 2.05) is 18.2 Å². The lowest BCUT2D eigenvalue weighted by Crippen LogP contribution is -2.48. The number of carbonyl (C=O) groups excluding carboxylic acids is 1. The Hall–Kier alpha value is -5.42. The van der Waals surface area contributed by atoms with Crippen molar-refractivity contribution in [3.63, 3.8) is 0 Å². The number of pyridine rings is 1. The number of hydrogen-bond acceptors (Lipinski definition) is 7. The van der Waals surface area contributed by atoms with Crippen LogP contribution in [0.2, 0.25) is 0 Å². The van der Waals surface area contributed by atoms with E-state index in [4.69, 9.17) is 4.98 Å². The molecule has 1 saturated heterocycles. The second-order valence-corrected chi connectivity index (χ2v) is 10.6. The summed E-state index contributed by atoms with van der Waals surface area (Å²) in [5.41, 5.74) is 6.72. The Morgan fingerprint density at radius 2 is 1.49 bits per heavy atom. The van der Waals surface area contributed by atoms with Gasteiger partial charge in [-0.15, -0.1) is 0 Å². The molecule has 0 unspecified atom stereocenters. The Morgan fingerprint density at radius 3 is 2.19 bits per heavy atom. The minimum atomic E-state index is -0.502. The van der Waals surface area contributed by atoms with Gasteiger partial charge >= 0.3 is 0 Å². The van der Waals surface area contributed by atoms with Crippen LogP contribution in [-0.2, 0) is 6.54 Å². The first-order chi connectivity index (χ1) is 20.8. The molecule has 3 aromatic carbocycles. The van der Waals surface area contributed by atoms with Crippen LogP contribution in [0.4, 0.5) is 11.4 Å². The number of nitro groups is 2. The van der Waals surface area contributed by atoms with Crippen molar-refractivity contribution in [3.05, 3.63) is 128 Å². The molecule has 6 rings (SSSR count). The molecule has 0 N–H and O–H groups in total. The molecule has 0 radical (unpaired) electrons. The first-order valence-electron chi connectivity index (χ1n) is 13.9. The maximum atomic E-state index is 13.1. The highest BCUT2D eigenvalue weighted by atomic mass is 16.6. The summed E-state index contributed by atoms with van der Waals surface area (Å²) in [6.07, 6.45) is 2.07. The summed E-state index contributed by atoms with van der Waals surface area (Å²) < 4.78 is 2.08. The molecule has 0 saturated carbocycles. The van der Waals surface area contributed by atoms with E-state index >= 15 is 0 Å². The van der Waals surface area contributed by atoms with Crippen molar-refractivity contribution in [1.29, 1.82) is 0 Å². The Kier molecular flexibility index (Phi) is 7.39. The molecule has 1 fully saturated rings. The van der Waals surface area contributed by atoms with Crippen LogP contribution in [0.1, 0.15) is 21.6 Å². The van der Waals surface area contributed by atoms with Crippen LogP contribution in [-0.4, -0.2) is 61.1 Å². The lowest BCUT2D eigenvalue weighted by atomic mass is 10.1. The van der Waals surface area contributed by atoms with Crippen LogP contribution in [0.3, 0.4) is 0 Å². The van der Waals surface area contributed by atoms with Crippen LogP contribution in [0.15, 0.2) is 91.1 Å². The smallest absolute Gasteiger partial charge is 0.270 e. The van der Waals surface area contributed by atoms with E-state index < -0.39 is 9.85 Å². The molecule has 43 heavy (non-hydrogen) atoms. The molecule has 11 nitrogen and oxygen atoms in total. The van der Waals surface area contributed by atoms with E-state index in [0.717, 1.165) is 39.3 Å². The molecule has 1 aliphatic rings. The number of nitrogens with zero attached hydrogens (tertiary/aromatic N) is 6. The standard InChI is InChI=1S/C32H28N6O5/c1-22-4-2-5-24(18-22)26-10-13-30-33-31(23-8-11-27(12-9-23)37(40)41)29(36(30)20-26)21-34-14-16-35(17-15-34)32(39)25-6-3-7-28(19-25)38(42)43/h2-13,18-20H,14-17,21H2,1H3. The first-order valence-corrected chi connectivity index (χ1v) is 13.9. The normalized spacial score (nSPS) is 13.7. The van der Waals surface area contributed by atoms with Crippen molar-refractivity contribution >= 4 is 22.9 Å². The van der Waals surface area contributed by atoms with Gasteiger partial charge in [-0.3, -0.25) is 29.9 Å². The van der Waals surface area contributed by atoms with Gasteiger partial charge in [-0.2, -0.15) is 0 Å². The summed E-state index contributed by atoms with van der Waals surface area (Å²) >= 11 is 0. The number of non-ortho nitro benzene ring substituents is 2. The van der Waals surface area contributed by atoms with Crippen molar-refractivity contribution in [1.82, 2.24) is 19.2 Å². The highest BCUT2D eigenvalue weighted by Gasteiger charge is 2.25. The summed E-state index contributed by atoms with van der Waals surface area (Å²) in [6.45, 7) is 4.75. The molecule has 216 valence electrons. The maximum Gasteiger partial charge on any atom is 0.270 e. The summed E-state index contributed by atoms with van der Waals surface area (Å²) in [6, 6.07) is 24.5. The summed E-state index contributed by atoms with van der Waals surface area (Å²) in [5, 5.41) is 22.4. The minimum Gasteiger partial charge on any atom is -0.336 e. The first kappa shape index (κ1) is 27.7. The summed E-state index contributed by atoms with van der Waals surface area (Å²) in [4.78, 5) is 43.5. The Morgan fingerprint density at radius 1 is 0.791 bits per heavy atom. The molecule has 2 aromatic heterocycles. The molecule has 0 atom stereocenters. The van der Waals surface area contributed by atoms with Crippen molar-refractivity contribution < 1.29 is 14.6 Å². The van der Waals surface area contributed by atoms with Gasteiger partial charge < -0.3 is 9.30 Å². The molecular weight excluding hydrogens is 548 g/mol. The van der Waals surface area contributed by atoms with Crippen molar-refractivity contribution in [2.45, 2.75) is 13.5 Å². The Balaban J connectivity index is 1.29. The van der Waals surface area contributed by atoms with E-state index in [1.165, 1.54) is 30.3 Å². The Labute approximate surface area is 246 Å². The second kappa shape index (κ2) is 11.5. The molecule has 1 aliphatic heterocycles. The van der Waals surface area contributed by atoms with E-state index in [-0.39, 0.29) is 17.3 Å². The van der Waals surface area contributed by atoms with Crippen molar-refractivity contribution in [2.24, 2.45) is 0 Å². The monoisotopic (exact) mass is 576 g/mol. The molecule has 3 heterocycles. The van der Waals surface area contributed by atoms with Gasteiger partial charge in [-0.05, 0) is 48.4 Å². The van der Waals surface area contributed by atoms with E-state index in [1.54, 1.807) is 23.1 Å². The molecule has 11 heteroatoms. The number of hydrogen-bond donors (Lipinski definition) is 0. The number of benzene rings is 3. The van der Waals surface area contributed by atoms with Gasteiger partial charge in [0.25, 0.3) is 17.3 Å². The average molecular weight is 577 g/mol. The zero-order valence-corrected chi connectivity index (χ0v) is 23.4. The third-order valence-corrected chi connectivity index (χ3v) is 7.76. The number of amides is 1. The number of carbonyl (C=O) groups is 1. The van der Waals surface area contributed by atoms with Gasteiger partial charge in [0.15, 0.2) is 0 Å². The molecule has 0 spiro atoms. The third kappa shape index (κ3) is 5.70. The fourth-order valence-electron chi connectivity index (χ4n) is 5.47. The number of nitro benzene ring substituents is 2. The van der Waals surface area contributed by atoms with Crippen molar-refractivity contribution in [3.8, 4) is 22.4 Å². The van der Waals surface area contributed by atoms with Gasteiger partial charge in [-0.1, -0.05) is 35.9 Å². The van der Waals surface area contributed by atoms with Crippen LogP contribution in [0.25, 0.3) is 28.0 Å². The van der Waals surface area contributed by atoms with Crippen molar-refractivity contribution in [2.75, 3.05) is 26.2 Å². The molecule has 0 aliphatic carbocycles. The number of fused-ring (bicyclic) bond motifs is 1. The van der Waals surface area contributed by atoms with Crippen LogP contribution in [0, 0.1) is 27.2 Å². The maximum absolute atomic E-state index is 13.1. The number of rotatable bonds is 7. The van der Waals surface area contributed by atoms with Crippen LogP contribution >= 0.6 is 0 Å². The summed E-state index contributed by atoms with van der Waals surface area (Å²) in [7, 11) is 0. The number of aryl methyl sites for hydroxylation is 1. The van der Waals surface area contributed by atoms with Gasteiger partial charge in [0.1, 0.15) is 5.65 Å². The quantitative estimate of drug-likeness (QED) is 0.178. The van der Waals surface area contributed by atoms with Crippen LogP contribution in [0.5, 0.6) is 0 Å². The molecule has 0 bridgehead atoms. The number of piperazine rings is 1. The van der Waals surface area contributed by atoms with E-state index in [9.17, 15) is 25.0 Å². The minimum absolute atomic E-state index is 0.0142. The highest BCUT2D eigenvalue weighted by molar-refractivity contribution is 5.95.